The molecule has 124 valence electrons. The Morgan fingerprint density at radius 3 is 1.39 bits per heavy atom. The van der Waals surface area contributed by atoms with Crippen LogP contribution in [0.1, 0.15) is 51.4 Å². The van der Waals surface area contributed by atoms with E-state index in [1.54, 1.807) is 9.80 Å². The highest BCUT2D eigenvalue weighted by atomic mass is 16.2. The van der Waals surface area contributed by atoms with Crippen molar-refractivity contribution in [2.75, 3.05) is 26.2 Å². The largest absolute Gasteiger partial charge is 0.343 e. The molecule has 2 aliphatic heterocycles. The maximum absolute atomic E-state index is 12.4. The molecule has 0 spiro atoms. The van der Waals surface area contributed by atoms with E-state index in [4.69, 9.17) is 0 Å². The van der Waals surface area contributed by atoms with Crippen LogP contribution >= 0.6 is 0 Å². The minimum absolute atomic E-state index is 0.181. The number of amides is 2. The van der Waals surface area contributed by atoms with Gasteiger partial charge < -0.3 is 9.80 Å². The minimum Gasteiger partial charge on any atom is -0.343 e. The van der Waals surface area contributed by atoms with Crippen LogP contribution in [-0.4, -0.2) is 47.8 Å². The summed E-state index contributed by atoms with van der Waals surface area (Å²) in [6.45, 7) is 2.75. The number of hydrogen-bond acceptors (Lipinski definition) is 4. The molecule has 2 rings (SSSR count). The first kappa shape index (κ1) is 17.3. The number of hydrogen-bond donors (Lipinski definition) is 0. The number of piperidine rings is 2. The molecule has 0 aliphatic carbocycles. The molecule has 0 radical (unpaired) electrons. The van der Waals surface area contributed by atoms with Gasteiger partial charge in [-0.25, -0.2) is 0 Å². The minimum atomic E-state index is -1.54. The van der Waals surface area contributed by atoms with Gasteiger partial charge in [-0.3, -0.25) is 9.59 Å². The van der Waals surface area contributed by atoms with Crippen molar-refractivity contribution >= 4 is 11.8 Å². The van der Waals surface area contributed by atoms with Gasteiger partial charge in [0.25, 0.3) is 0 Å². The molecular formula is C17H24N4O2. The molecule has 2 fully saturated rings. The van der Waals surface area contributed by atoms with E-state index in [0.29, 0.717) is 26.2 Å². The van der Waals surface area contributed by atoms with Gasteiger partial charge in [0.1, 0.15) is 0 Å². The van der Waals surface area contributed by atoms with E-state index in [0.717, 1.165) is 38.5 Å². The Morgan fingerprint density at radius 1 is 0.739 bits per heavy atom. The second kappa shape index (κ2) is 7.97. The van der Waals surface area contributed by atoms with Crippen molar-refractivity contribution in [1.82, 2.24) is 9.80 Å². The van der Waals surface area contributed by atoms with Gasteiger partial charge in [0.2, 0.25) is 11.8 Å². The fourth-order valence-corrected chi connectivity index (χ4v) is 3.27. The van der Waals surface area contributed by atoms with E-state index in [2.05, 4.69) is 0 Å². The summed E-state index contributed by atoms with van der Waals surface area (Å²) in [5.74, 6) is -0.363. The van der Waals surface area contributed by atoms with E-state index in [9.17, 15) is 20.1 Å². The molecule has 2 heterocycles. The predicted molar refractivity (Wildman–Crippen MR) is 83.8 cm³/mol. The smallest absolute Gasteiger partial charge is 0.225 e. The Bertz CT molecular complexity index is 472. The number of carbonyl (C=O) groups is 2. The molecule has 0 aromatic carbocycles. The highest BCUT2D eigenvalue weighted by Crippen LogP contribution is 2.28. The molecular weight excluding hydrogens is 292 g/mol. The van der Waals surface area contributed by atoms with Gasteiger partial charge in [0.15, 0.2) is 5.41 Å². The van der Waals surface area contributed by atoms with Gasteiger partial charge in [-0.05, 0) is 38.5 Å². The van der Waals surface area contributed by atoms with Gasteiger partial charge in [0.05, 0.1) is 25.0 Å². The molecule has 0 saturated carbocycles. The predicted octanol–water partition coefficient (Wildman–Crippen LogP) is 1.83. The van der Waals surface area contributed by atoms with Crippen LogP contribution < -0.4 is 0 Å². The number of rotatable bonds is 4. The zero-order valence-corrected chi connectivity index (χ0v) is 13.6. The number of carbonyl (C=O) groups excluding carboxylic acids is 2. The van der Waals surface area contributed by atoms with Crippen molar-refractivity contribution in [3.63, 3.8) is 0 Å². The van der Waals surface area contributed by atoms with E-state index < -0.39 is 5.41 Å². The standard InChI is InChI=1S/C17H24N4O2/c18-13-17(14-19,11-15(22)20-7-3-1-4-8-20)12-16(23)21-9-5-2-6-10-21/h1-12H2. The monoisotopic (exact) mass is 316 g/mol. The first-order valence-electron chi connectivity index (χ1n) is 8.48. The van der Waals surface area contributed by atoms with Crippen LogP contribution in [0.5, 0.6) is 0 Å². The van der Waals surface area contributed by atoms with Gasteiger partial charge in [-0.2, -0.15) is 10.5 Å². The Morgan fingerprint density at radius 2 is 1.09 bits per heavy atom. The van der Waals surface area contributed by atoms with Crippen LogP contribution in [-0.2, 0) is 9.59 Å². The lowest BCUT2D eigenvalue weighted by atomic mass is 9.82. The third kappa shape index (κ3) is 4.45. The molecule has 0 aromatic rings. The van der Waals surface area contributed by atoms with Gasteiger partial charge in [-0.15, -0.1) is 0 Å². The van der Waals surface area contributed by atoms with Crippen molar-refractivity contribution in [2.45, 2.75) is 51.4 Å². The summed E-state index contributed by atoms with van der Waals surface area (Å²) in [4.78, 5) is 28.2. The van der Waals surface area contributed by atoms with E-state index in [1.807, 2.05) is 12.1 Å². The van der Waals surface area contributed by atoms with Crippen molar-refractivity contribution < 1.29 is 9.59 Å². The van der Waals surface area contributed by atoms with Crippen LogP contribution in [0, 0.1) is 28.1 Å². The average Bonchev–Trinajstić information content (AvgIpc) is 2.62. The molecule has 0 bridgehead atoms. The van der Waals surface area contributed by atoms with Crippen molar-refractivity contribution in [1.29, 1.82) is 10.5 Å². The number of nitrogens with zero attached hydrogens (tertiary/aromatic N) is 4. The highest BCUT2D eigenvalue weighted by Gasteiger charge is 2.38. The summed E-state index contributed by atoms with van der Waals surface area (Å²) in [7, 11) is 0. The summed E-state index contributed by atoms with van der Waals surface area (Å²) in [5.41, 5.74) is -1.54. The lowest BCUT2D eigenvalue weighted by molar-refractivity contribution is -0.136. The molecule has 6 nitrogen and oxygen atoms in total. The van der Waals surface area contributed by atoms with Crippen LogP contribution in [0.25, 0.3) is 0 Å². The average molecular weight is 316 g/mol. The van der Waals surface area contributed by atoms with Gasteiger partial charge in [0, 0.05) is 26.2 Å². The van der Waals surface area contributed by atoms with Crippen molar-refractivity contribution in [3.8, 4) is 12.1 Å². The first-order valence-corrected chi connectivity index (χ1v) is 8.48. The molecule has 0 N–H and O–H groups in total. The Kier molecular flexibility index (Phi) is 5.98. The first-order chi connectivity index (χ1) is 11.1. The molecule has 0 aromatic heterocycles. The Hall–Kier alpha value is -2.08. The topological polar surface area (TPSA) is 88.2 Å². The lowest BCUT2D eigenvalue weighted by Crippen LogP contribution is -2.42. The normalized spacial score (nSPS) is 18.9. The van der Waals surface area contributed by atoms with Crippen LogP contribution in [0.4, 0.5) is 0 Å². The molecule has 2 aliphatic rings. The third-order valence-electron chi connectivity index (χ3n) is 4.75. The molecule has 0 atom stereocenters. The van der Waals surface area contributed by atoms with Crippen LogP contribution in [0.3, 0.4) is 0 Å². The lowest BCUT2D eigenvalue weighted by Gasteiger charge is -2.31. The molecule has 0 unspecified atom stereocenters. The summed E-state index contributed by atoms with van der Waals surface area (Å²) >= 11 is 0. The number of nitriles is 2. The van der Waals surface area contributed by atoms with E-state index >= 15 is 0 Å². The molecule has 23 heavy (non-hydrogen) atoms. The van der Waals surface area contributed by atoms with Crippen LogP contribution in [0.15, 0.2) is 0 Å². The second-order valence-corrected chi connectivity index (χ2v) is 6.54. The summed E-state index contributed by atoms with van der Waals surface area (Å²) in [5, 5.41) is 18.9. The summed E-state index contributed by atoms with van der Waals surface area (Å²) in [6.07, 6.45) is 5.71. The summed E-state index contributed by atoms with van der Waals surface area (Å²) < 4.78 is 0. The third-order valence-corrected chi connectivity index (χ3v) is 4.75. The van der Waals surface area contributed by atoms with E-state index in [1.165, 1.54) is 0 Å². The van der Waals surface area contributed by atoms with Gasteiger partial charge >= 0.3 is 0 Å². The highest BCUT2D eigenvalue weighted by molar-refractivity contribution is 5.82. The molecule has 2 amide bonds. The fraction of sp³-hybridized carbons (Fsp3) is 0.765. The van der Waals surface area contributed by atoms with Gasteiger partial charge in [-0.1, -0.05) is 0 Å². The molecule has 2 saturated heterocycles. The quantitative estimate of drug-likeness (QED) is 0.791. The van der Waals surface area contributed by atoms with Crippen molar-refractivity contribution in [3.05, 3.63) is 0 Å². The Labute approximate surface area is 137 Å². The van der Waals surface area contributed by atoms with E-state index in [-0.39, 0.29) is 24.7 Å². The maximum Gasteiger partial charge on any atom is 0.225 e. The fourth-order valence-electron chi connectivity index (χ4n) is 3.27. The maximum atomic E-state index is 12.4. The molecule has 6 heteroatoms. The van der Waals surface area contributed by atoms with Crippen LogP contribution in [0.2, 0.25) is 0 Å². The second-order valence-electron chi connectivity index (χ2n) is 6.54. The SMILES string of the molecule is N#CC(C#N)(CC(=O)N1CCCCC1)CC(=O)N1CCCCC1. The zero-order valence-electron chi connectivity index (χ0n) is 13.6. The van der Waals surface area contributed by atoms with Crippen molar-refractivity contribution in [2.24, 2.45) is 5.41 Å². The number of likely N-dealkylation sites (tertiary alicyclic amines) is 2. The Balaban J connectivity index is 2.00. The summed E-state index contributed by atoms with van der Waals surface area (Å²) in [6, 6.07) is 3.90. The zero-order chi connectivity index (χ0) is 16.7.